The molecule has 11 rings (SSSR count). The van der Waals surface area contributed by atoms with Gasteiger partial charge in [0.1, 0.15) is 0 Å². The molecule has 0 aromatic heterocycles. The Bertz CT molecular complexity index is 2640. The summed E-state index contributed by atoms with van der Waals surface area (Å²) < 4.78 is 0. The van der Waals surface area contributed by atoms with Gasteiger partial charge in [0, 0.05) is 44.6 Å². The predicted octanol–water partition coefficient (Wildman–Crippen LogP) is 13.3. The van der Waals surface area contributed by atoms with Crippen molar-refractivity contribution in [2.24, 2.45) is 0 Å². The van der Waals surface area contributed by atoms with Crippen molar-refractivity contribution in [2.45, 2.75) is 122 Å². The van der Waals surface area contributed by atoms with Crippen LogP contribution in [-0.4, -0.2) is 12.4 Å². The highest BCUT2D eigenvalue weighted by Gasteiger charge is 2.63. The fraction of sp³-hybridized carbons (Fsp3) is 0.345. The van der Waals surface area contributed by atoms with Gasteiger partial charge in [0.15, 0.2) is 0 Å². The number of rotatable bonds is 8. The molecular weight excluding hydrogens is 699 g/mol. The molecule has 3 heteroatoms. The lowest BCUT2D eigenvalue weighted by atomic mass is 9.41. The zero-order valence-electron chi connectivity index (χ0n) is 35.5. The van der Waals surface area contributed by atoms with Crippen LogP contribution in [0.25, 0.3) is 33.4 Å². The summed E-state index contributed by atoms with van der Waals surface area (Å²) in [5, 5.41) is 0. The molecule has 2 aliphatic carbocycles. The number of nitrogens with zero attached hydrogens (tertiary/aromatic N) is 2. The van der Waals surface area contributed by atoms with Gasteiger partial charge in [-0.3, -0.25) is 0 Å². The molecular formula is C55H57BN2. The maximum absolute atomic E-state index is 3.01. The molecule has 290 valence electrons. The molecule has 2 nitrogen and oxygen atoms in total. The van der Waals surface area contributed by atoms with Gasteiger partial charge in [-0.1, -0.05) is 151 Å². The number of hydrogen-bond donors (Lipinski definition) is 0. The largest absolute Gasteiger partial charge is 0.400 e. The topological polar surface area (TPSA) is 6.48 Å². The minimum absolute atomic E-state index is 0.00571. The van der Waals surface area contributed by atoms with Gasteiger partial charge in [-0.05, 0) is 131 Å². The lowest BCUT2D eigenvalue weighted by molar-refractivity contribution is 0.199. The fourth-order valence-electron chi connectivity index (χ4n) is 12.6. The molecule has 0 N–H and O–H groups in total. The van der Waals surface area contributed by atoms with Crippen molar-refractivity contribution >= 4 is 40.5 Å². The molecule has 0 spiro atoms. The highest BCUT2D eigenvalue weighted by atomic mass is 15.2. The SMILES string of the molecule is CCCCc1ccc(N2c3cccc4c3B(c3ccc5c(c32)C(C)(C)c2ccccc2-5)N2c3c-4cc(CCCC)cc3C3(C)CCCCC23C)c(-c2ccccc2)c1. The van der Waals surface area contributed by atoms with Crippen LogP contribution in [0.4, 0.5) is 22.7 Å². The predicted molar refractivity (Wildman–Crippen MR) is 249 cm³/mol. The van der Waals surface area contributed by atoms with Gasteiger partial charge in [-0.15, -0.1) is 0 Å². The van der Waals surface area contributed by atoms with E-state index >= 15 is 0 Å². The van der Waals surface area contributed by atoms with Gasteiger partial charge in [0.25, 0.3) is 0 Å². The lowest BCUT2D eigenvalue weighted by Gasteiger charge is -2.55. The zero-order chi connectivity index (χ0) is 39.6. The molecule has 0 radical (unpaired) electrons. The molecule has 3 heterocycles. The third-order valence-electron chi connectivity index (χ3n) is 15.7. The Morgan fingerprint density at radius 3 is 2.10 bits per heavy atom. The molecule has 3 aliphatic heterocycles. The van der Waals surface area contributed by atoms with Crippen LogP contribution < -0.4 is 20.6 Å². The molecule has 0 saturated heterocycles. The quantitative estimate of drug-likeness (QED) is 0.143. The Kier molecular flexibility index (Phi) is 8.09. The van der Waals surface area contributed by atoms with Gasteiger partial charge >= 0.3 is 6.85 Å². The van der Waals surface area contributed by atoms with E-state index in [0.717, 1.165) is 12.8 Å². The van der Waals surface area contributed by atoms with Crippen LogP contribution in [0.5, 0.6) is 0 Å². The molecule has 5 aliphatic rings. The van der Waals surface area contributed by atoms with Crippen LogP contribution in [-0.2, 0) is 23.7 Å². The fourth-order valence-corrected chi connectivity index (χ4v) is 12.6. The summed E-state index contributed by atoms with van der Waals surface area (Å²) in [5.41, 5.74) is 24.1. The maximum atomic E-state index is 3.01. The molecule has 0 amide bonds. The molecule has 58 heavy (non-hydrogen) atoms. The molecule has 0 bridgehead atoms. The van der Waals surface area contributed by atoms with Gasteiger partial charge < -0.3 is 9.71 Å². The summed E-state index contributed by atoms with van der Waals surface area (Å²) >= 11 is 0. The smallest absolute Gasteiger partial charge is 0.328 e. The van der Waals surface area contributed by atoms with Crippen LogP contribution >= 0.6 is 0 Å². The molecule has 2 atom stereocenters. The van der Waals surface area contributed by atoms with Gasteiger partial charge in [0.05, 0.1) is 5.69 Å². The van der Waals surface area contributed by atoms with E-state index in [9.17, 15) is 0 Å². The first-order valence-corrected chi connectivity index (χ1v) is 22.6. The number of benzene rings is 6. The van der Waals surface area contributed by atoms with Crippen LogP contribution in [0.3, 0.4) is 0 Å². The molecule has 6 aromatic rings. The van der Waals surface area contributed by atoms with E-state index in [1.807, 2.05) is 0 Å². The highest BCUT2D eigenvalue weighted by molar-refractivity contribution is 6.93. The minimum atomic E-state index is -0.182. The number of hydrogen-bond acceptors (Lipinski definition) is 2. The Labute approximate surface area is 347 Å². The first-order valence-electron chi connectivity index (χ1n) is 22.6. The van der Waals surface area contributed by atoms with Gasteiger partial charge in [-0.25, -0.2) is 0 Å². The first kappa shape index (κ1) is 36.1. The molecule has 2 unspecified atom stereocenters. The van der Waals surface area contributed by atoms with Crippen molar-refractivity contribution in [1.29, 1.82) is 0 Å². The number of aryl methyl sites for hydroxylation is 2. The van der Waals surface area contributed by atoms with Crippen molar-refractivity contribution in [1.82, 2.24) is 0 Å². The highest BCUT2D eigenvalue weighted by Crippen LogP contribution is 2.64. The first-order chi connectivity index (χ1) is 28.2. The second-order valence-corrected chi connectivity index (χ2v) is 19.2. The van der Waals surface area contributed by atoms with Crippen molar-refractivity contribution in [3.05, 3.63) is 143 Å². The van der Waals surface area contributed by atoms with E-state index in [2.05, 4.69) is 167 Å². The Morgan fingerprint density at radius 1 is 0.569 bits per heavy atom. The van der Waals surface area contributed by atoms with Crippen molar-refractivity contribution in [3.63, 3.8) is 0 Å². The summed E-state index contributed by atoms with van der Waals surface area (Å²) in [6.45, 7) is 15.0. The average molecular weight is 757 g/mol. The Morgan fingerprint density at radius 2 is 1.29 bits per heavy atom. The molecule has 6 aromatic carbocycles. The summed E-state index contributed by atoms with van der Waals surface area (Å²) in [5.74, 6) is 0. The van der Waals surface area contributed by atoms with E-state index in [-0.39, 0.29) is 23.2 Å². The Hall–Kier alpha value is -5.02. The maximum Gasteiger partial charge on any atom is 0.328 e. The van der Waals surface area contributed by atoms with Gasteiger partial charge in [-0.2, -0.15) is 0 Å². The minimum Gasteiger partial charge on any atom is -0.400 e. The zero-order valence-corrected chi connectivity index (χ0v) is 35.5. The van der Waals surface area contributed by atoms with Crippen molar-refractivity contribution < 1.29 is 0 Å². The second kappa shape index (κ2) is 13.0. The number of anilines is 4. The van der Waals surface area contributed by atoms with Crippen LogP contribution in [0, 0.1) is 0 Å². The average Bonchev–Trinajstić information content (AvgIpc) is 3.61. The standard InChI is InChI=1S/C55H57BN2/c1-7-9-19-36-27-30-47(42(33-36)38-21-12-11-13-22-38)57-48-26-18-24-41-43-34-37(20-10-8-2)35-45-51(43)58(55(6)32-17-16-31-54(45,55)5)56(50(41)48)46-29-28-40-39-23-14-15-25-44(39)53(3,4)49(40)52(46)57/h11-15,18,21-30,33-35H,7-10,16-17,19-20,31-32H2,1-6H3. The van der Waals surface area contributed by atoms with E-state index in [0.29, 0.717) is 0 Å². The summed E-state index contributed by atoms with van der Waals surface area (Å²) in [6, 6.07) is 45.5. The van der Waals surface area contributed by atoms with Crippen molar-refractivity contribution in [3.8, 4) is 33.4 Å². The van der Waals surface area contributed by atoms with Crippen molar-refractivity contribution in [2.75, 3.05) is 9.71 Å². The lowest BCUT2D eigenvalue weighted by Crippen LogP contribution is -2.70. The van der Waals surface area contributed by atoms with E-state index in [1.165, 1.54) is 141 Å². The van der Waals surface area contributed by atoms with E-state index in [1.54, 1.807) is 5.56 Å². The third kappa shape index (κ3) is 4.74. The monoisotopic (exact) mass is 756 g/mol. The second-order valence-electron chi connectivity index (χ2n) is 19.2. The molecule has 1 saturated carbocycles. The Balaban J connectivity index is 1.26. The van der Waals surface area contributed by atoms with Crippen LogP contribution in [0.1, 0.15) is 121 Å². The number of fused-ring (bicyclic) bond motifs is 11. The number of unbranched alkanes of at least 4 members (excludes halogenated alkanes) is 2. The van der Waals surface area contributed by atoms with Crippen LogP contribution in [0.15, 0.2) is 115 Å². The van der Waals surface area contributed by atoms with E-state index in [4.69, 9.17) is 0 Å². The normalized spacial score (nSPS) is 21.2. The van der Waals surface area contributed by atoms with Crippen LogP contribution in [0.2, 0.25) is 0 Å². The summed E-state index contributed by atoms with van der Waals surface area (Å²) in [7, 11) is 0. The van der Waals surface area contributed by atoms with Gasteiger partial charge in [0.2, 0.25) is 0 Å². The third-order valence-corrected chi connectivity index (χ3v) is 15.7. The summed E-state index contributed by atoms with van der Waals surface area (Å²) in [4.78, 5) is 5.75. The van der Waals surface area contributed by atoms with E-state index < -0.39 is 0 Å². The summed E-state index contributed by atoms with van der Waals surface area (Å²) in [6.07, 6.45) is 12.1. The molecule has 1 fully saturated rings.